The van der Waals surface area contributed by atoms with Gasteiger partial charge in [0, 0.05) is 25.8 Å². The molecule has 0 fully saturated rings. The van der Waals surface area contributed by atoms with Crippen molar-refractivity contribution in [2.75, 3.05) is 0 Å². The van der Waals surface area contributed by atoms with Gasteiger partial charge in [-0.05, 0) is 110 Å². The minimum Gasteiger partial charge on any atom is -0.460 e. The monoisotopic (exact) mass is 1170 g/mol. The molecule has 0 bridgehead atoms. The number of ether oxygens (including phenoxy) is 3. The number of hydrogen-bond acceptors (Lipinski definition) is 14. The minimum atomic E-state index is -5.03. The van der Waals surface area contributed by atoms with Crippen molar-refractivity contribution < 1.29 is 80.1 Å². The van der Waals surface area contributed by atoms with Crippen LogP contribution in [0, 0.1) is 18.3 Å². The molecule has 1 unspecified atom stereocenters. The number of benzene rings is 2. The molecule has 2 aromatic carbocycles. The Hall–Kier alpha value is -7.40. The van der Waals surface area contributed by atoms with Gasteiger partial charge in [0.2, 0.25) is 41.2 Å². The fourth-order valence-electron chi connectivity index (χ4n) is 7.98. The summed E-state index contributed by atoms with van der Waals surface area (Å²) in [6.07, 6.45) is -9.94. The van der Waals surface area contributed by atoms with Crippen LogP contribution in [0.1, 0.15) is 159 Å². The fourth-order valence-corrected chi connectivity index (χ4v) is 7.98. The second-order valence-corrected chi connectivity index (χ2v) is 24.8. The van der Waals surface area contributed by atoms with Gasteiger partial charge in [-0.25, -0.2) is 0 Å². The molecule has 24 heteroatoms. The van der Waals surface area contributed by atoms with Crippen molar-refractivity contribution >= 4 is 65.0 Å². The second kappa shape index (κ2) is 31.3. The zero-order chi connectivity index (χ0) is 63.4. The molecule has 0 aliphatic heterocycles. The third-order valence-corrected chi connectivity index (χ3v) is 11.8. The van der Waals surface area contributed by atoms with Crippen LogP contribution in [0.25, 0.3) is 0 Å². The van der Waals surface area contributed by atoms with Gasteiger partial charge in [-0.1, -0.05) is 89.2 Å². The molecule has 0 aliphatic carbocycles. The molecule has 21 nitrogen and oxygen atoms in total. The molecule has 6 atom stereocenters. The van der Waals surface area contributed by atoms with Crippen LogP contribution in [0.4, 0.5) is 13.2 Å². The number of rotatable bonds is 28. The van der Waals surface area contributed by atoms with E-state index >= 15 is 0 Å². The summed E-state index contributed by atoms with van der Waals surface area (Å²) in [6, 6.07) is 4.46. The van der Waals surface area contributed by atoms with Gasteiger partial charge in [-0.2, -0.15) is 13.2 Å². The van der Waals surface area contributed by atoms with Gasteiger partial charge in [-0.3, -0.25) is 52.7 Å². The number of carbonyl (C=O) groups excluding carboxylic acids is 11. The van der Waals surface area contributed by atoms with E-state index in [1.54, 1.807) is 158 Å². The van der Waals surface area contributed by atoms with Crippen LogP contribution in [0.15, 0.2) is 54.6 Å². The number of Topliss-reactive ketones (excluding diaryl/α,β-unsaturated/α-hetero) is 1. The van der Waals surface area contributed by atoms with E-state index in [1.807, 2.05) is 5.32 Å². The normalized spacial score (nSPS) is 14.2. The maximum absolute atomic E-state index is 14.8. The maximum Gasteiger partial charge on any atom is 0.391 e. The second-order valence-electron chi connectivity index (χ2n) is 24.8. The molecule has 462 valence electrons. The molecule has 0 spiro atoms. The first kappa shape index (κ1) is 71.7. The van der Waals surface area contributed by atoms with Crippen molar-refractivity contribution in [3.05, 3.63) is 71.3 Å². The van der Waals surface area contributed by atoms with E-state index in [4.69, 9.17) is 14.2 Å². The van der Waals surface area contributed by atoms with Crippen molar-refractivity contribution in [3.63, 3.8) is 0 Å². The number of alkyl halides is 3. The molecule has 0 aromatic heterocycles. The van der Waals surface area contributed by atoms with E-state index in [-0.39, 0.29) is 19.4 Å². The number of aryl methyl sites for hydroxylation is 1. The van der Waals surface area contributed by atoms with Crippen molar-refractivity contribution in [1.82, 2.24) is 37.2 Å². The van der Waals surface area contributed by atoms with E-state index in [0.717, 1.165) is 0 Å². The molecule has 2 aromatic rings. The highest BCUT2D eigenvalue weighted by molar-refractivity contribution is 6.38. The minimum absolute atomic E-state index is 0.188. The lowest BCUT2D eigenvalue weighted by atomic mass is 9.85. The van der Waals surface area contributed by atoms with Crippen LogP contribution >= 0.6 is 0 Å². The number of halogens is 3. The Bertz CT molecular complexity index is 2600. The molecule has 0 heterocycles. The van der Waals surface area contributed by atoms with Gasteiger partial charge in [-0.15, -0.1) is 0 Å². The maximum atomic E-state index is 14.8. The third kappa shape index (κ3) is 28.9. The van der Waals surface area contributed by atoms with Crippen LogP contribution < -0.4 is 37.2 Å². The van der Waals surface area contributed by atoms with Crippen molar-refractivity contribution in [3.8, 4) is 0 Å². The first-order valence-electron chi connectivity index (χ1n) is 27.5. The van der Waals surface area contributed by atoms with Gasteiger partial charge in [0.15, 0.2) is 0 Å². The van der Waals surface area contributed by atoms with Crippen LogP contribution in [-0.4, -0.2) is 124 Å². The molecule has 0 saturated carbocycles. The summed E-state index contributed by atoms with van der Waals surface area (Å²) in [5.74, 6) is -12.0. The molecule has 83 heavy (non-hydrogen) atoms. The predicted molar refractivity (Wildman–Crippen MR) is 300 cm³/mol. The molecule has 0 aliphatic rings. The van der Waals surface area contributed by atoms with E-state index in [0.29, 0.717) is 16.7 Å². The van der Waals surface area contributed by atoms with Gasteiger partial charge in [0.25, 0.3) is 5.91 Å². The predicted octanol–water partition coefficient (Wildman–Crippen LogP) is 5.35. The summed E-state index contributed by atoms with van der Waals surface area (Å²) in [6.45, 7) is 23.9. The topological polar surface area (TPSA) is 300 Å². The molecule has 2 rings (SSSR count). The zero-order valence-electron chi connectivity index (χ0n) is 50.5. The lowest BCUT2D eigenvalue weighted by Crippen LogP contribution is -2.62. The Morgan fingerprint density at radius 1 is 0.506 bits per heavy atom. The van der Waals surface area contributed by atoms with E-state index in [9.17, 15) is 65.9 Å². The molecular weight excluding hydrogens is 1090 g/mol. The highest BCUT2D eigenvalue weighted by Gasteiger charge is 2.42. The number of carbonyl (C=O) groups is 11. The van der Waals surface area contributed by atoms with Crippen molar-refractivity contribution in [1.29, 1.82) is 0 Å². The highest BCUT2D eigenvalue weighted by atomic mass is 19.4. The number of amides is 7. The summed E-state index contributed by atoms with van der Waals surface area (Å²) >= 11 is 0. The number of hydrogen-bond donors (Lipinski definition) is 7. The first-order chi connectivity index (χ1) is 38.0. The highest BCUT2D eigenvalue weighted by Crippen LogP contribution is 2.24. The number of nitrogens with one attached hydrogen (secondary N) is 7. The Morgan fingerprint density at radius 3 is 1.51 bits per heavy atom. The van der Waals surface area contributed by atoms with Crippen molar-refractivity contribution in [2.24, 2.45) is 11.3 Å². The van der Waals surface area contributed by atoms with Crippen molar-refractivity contribution in [2.45, 2.75) is 221 Å². The standard InChI is InChI=1S/C59H86F3N7O14/c1-34(2)29-39(50(76)68-42(32-59(60,61)62)47(74)53(79)63-33-36-22-17-16-18-23-36)67-54(80)48(55(4,5)6)69-52(78)40(30-37-24-20-19-21-35(37)3)66-49(75)38(25-27-44(71)81-56(7,8)9)65-51(77)41(31-46(73)83-58(13,14)15)64-43(70)26-28-45(72)82-57(10,11)12/h16-24,34,38-42,48H,25-33H2,1-15H3,(H,63,79)(H,64,70)(H,65,77)(H,66,75)(H,67,80)(H,68,76)(H,69,78)/t38-,39-,40-,41-,42?,48+/m0/s1. The SMILES string of the molecule is Cc1ccccc1C[C@H](NC(=O)[C@H](CCC(=O)OC(C)(C)C)NC(=O)[C@H](CC(=O)OC(C)(C)C)NC(=O)CCC(=O)OC(C)(C)C)C(=O)N[C@H](C(=O)N[C@@H](CC(C)C)C(=O)NC(CC(F)(F)F)C(=O)C(=O)NCc1ccccc1)C(C)(C)C. The van der Waals surface area contributed by atoms with Crippen LogP contribution in [0.3, 0.4) is 0 Å². The molecule has 7 N–H and O–H groups in total. The number of ketones is 1. The van der Waals surface area contributed by atoms with Gasteiger partial charge in [0.05, 0.1) is 19.3 Å². The summed E-state index contributed by atoms with van der Waals surface area (Å²) in [4.78, 5) is 150. The Labute approximate surface area is 484 Å². The molecular formula is C59H86F3N7O14. The lowest BCUT2D eigenvalue weighted by molar-refractivity contribution is -0.158. The molecule has 0 radical (unpaired) electrons. The van der Waals surface area contributed by atoms with E-state index in [1.165, 1.54) is 0 Å². The zero-order valence-corrected chi connectivity index (χ0v) is 50.5. The summed E-state index contributed by atoms with van der Waals surface area (Å²) < 4.78 is 57.9. The average Bonchev–Trinajstić information content (AvgIpc) is 3.46. The van der Waals surface area contributed by atoms with Crippen LogP contribution in [0.2, 0.25) is 0 Å². The van der Waals surface area contributed by atoms with Gasteiger partial charge < -0.3 is 51.4 Å². The van der Waals surface area contributed by atoms with E-state index in [2.05, 4.69) is 31.9 Å². The van der Waals surface area contributed by atoms with Gasteiger partial charge in [0.1, 0.15) is 53.1 Å². The lowest BCUT2D eigenvalue weighted by Gasteiger charge is -2.34. The summed E-state index contributed by atoms with van der Waals surface area (Å²) in [5.41, 5.74) is -2.32. The molecule has 7 amide bonds. The fraction of sp³-hybridized carbons (Fsp3) is 0.610. The Kier molecular flexibility index (Phi) is 27.1. The first-order valence-corrected chi connectivity index (χ1v) is 27.5. The third-order valence-electron chi connectivity index (χ3n) is 11.8. The largest absolute Gasteiger partial charge is 0.460 e. The Morgan fingerprint density at radius 2 is 0.976 bits per heavy atom. The van der Waals surface area contributed by atoms with Gasteiger partial charge >= 0.3 is 24.1 Å². The summed E-state index contributed by atoms with van der Waals surface area (Å²) in [7, 11) is 0. The Balaban J connectivity index is 2.62. The van der Waals surface area contributed by atoms with Crippen LogP contribution in [0.5, 0.6) is 0 Å². The smallest absolute Gasteiger partial charge is 0.391 e. The summed E-state index contributed by atoms with van der Waals surface area (Å²) in [5, 5.41) is 17.0. The quantitative estimate of drug-likeness (QED) is 0.0321. The van der Waals surface area contributed by atoms with Crippen LogP contribution in [-0.2, 0) is 79.9 Å². The van der Waals surface area contributed by atoms with E-state index < -0.39 is 174 Å². The average molecular weight is 1170 g/mol. The molecule has 0 saturated heterocycles. The number of esters is 3.